The minimum atomic E-state index is -0.679. The van der Waals surface area contributed by atoms with Crippen LogP contribution in [-0.4, -0.2) is 36.1 Å². The number of carbonyl (C=O) groups is 2. The number of aromatic amines is 1. The van der Waals surface area contributed by atoms with Crippen molar-refractivity contribution in [3.05, 3.63) is 59.8 Å². The van der Waals surface area contributed by atoms with Gasteiger partial charge >= 0.3 is 0 Å². The first-order valence-corrected chi connectivity index (χ1v) is 10.0. The number of para-hydroxylation sites is 1. The van der Waals surface area contributed by atoms with Gasteiger partial charge in [-0.2, -0.15) is 0 Å². The molecule has 30 heavy (non-hydrogen) atoms. The van der Waals surface area contributed by atoms with Crippen molar-refractivity contribution in [3.8, 4) is 11.5 Å². The molecule has 2 heterocycles. The SMILES string of the molecule is CC(=O)N[C@@H](Cc1c[nH]c2ccccc12)C(=O)N[C@@H](C)c1ccc2c(c1)OCCO2. The highest BCUT2D eigenvalue weighted by Gasteiger charge is 2.24. The van der Waals surface area contributed by atoms with Crippen molar-refractivity contribution in [1.29, 1.82) is 0 Å². The summed E-state index contributed by atoms with van der Waals surface area (Å²) in [5.41, 5.74) is 2.88. The molecule has 0 saturated heterocycles. The number of rotatable bonds is 6. The van der Waals surface area contributed by atoms with Gasteiger partial charge in [0, 0.05) is 30.4 Å². The summed E-state index contributed by atoms with van der Waals surface area (Å²) in [5, 5.41) is 6.83. The molecule has 1 aromatic heterocycles. The Kier molecular flexibility index (Phi) is 5.61. The van der Waals surface area contributed by atoms with Crippen molar-refractivity contribution in [2.24, 2.45) is 0 Å². The van der Waals surface area contributed by atoms with Crippen molar-refractivity contribution in [2.75, 3.05) is 13.2 Å². The highest BCUT2D eigenvalue weighted by Crippen LogP contribution is 2.32. The van der Waals surface area contributed by atoms with Gasteiger partial charge in [-0.15, -0.1) is 0 Å². The normalized spacial score (nSPS) is 14.7. The summed E-state index contributed by atoms with van der Waals surface area (Å²) in [6.45, 7) is 4.36. The predicted molar refractivity (Wildman–Crippen MR) is 114 cm³/mol. The zero-order valence-corrected chi connectivity index (χ0v) is 17.0. The summed E-state index contributed by atoms with van der Waals surface area (Å²) in [4.78, 5) is 28.0. The number of hydrogen-bond donors (Lipinski definition) is 3. The van der Waals surface area contributed by atoms with Gasteiger partial charge in [0.1, 0.15) is 19.3 Å². The van der Waals surface area contributed by atoms with Crippen LogP contribution in [0.25, 0.3) is 10.9 Å². The molecule has 4 rings (SSSR count). The molecule has 0 aliphatic carbocycles. The van der Waals surface area contributed by atoms with Crippen LogP contribution in [-0.2, 0) is 16.0 Å². The maximum absolute atomic E-state index is 13.0. The molecule has 0 saturated carbocycles. The second kappa shape index (κ2) is 8.49. The maximum Gasteiger partial charge on any atom is 0.243 e. The molecule has 2 aromatic carbocycles. The number of ether oxygens (including phenoxy) is 2. The molecular formula is C23H25N3O4. The van der Waals surface area contributed by atoms with Crippen LogP contribution in [0, 0.1) is 0 Å². The van der Waals surface area contributed by atoms with Crippen molar-refractivity contribution in [1.82, 2.24) is 15.6 Å². The number of nitrogens with one attached hydrogen (secondary N) is 3. The minimum absolute atomic E-state index is 0.238. The molecule has 156 valence electrons. The van der Waals surface area contributed by atoms with Crippen LogP contribution in [0.5, 0.6) is 11.5 Å². The monoisotopic (exact) mass is 407 g/mol. The van der Waals surface area contributed by atoms with Gasteiger partial charge in [0.05, 0.1) is 6.04 Å². The average Bonchev–Trinajstić information content (AvgIpc) is 3.15. The van der Waals surface area contributed by atoms with E-state index in [2.05, 4.69) is 15.6 Å². The van der Waals surface area contributed by atoms with E-state index in [-0.39, 0.29) is 17.9 Å². The third-order valence-corrected chi connectivity index (χ3v) is 5.22. The highest BCUT2D eigenvalue weighted by atomic mass is 16.6. The van der Waals surface area contributed by atoms with E-state index in [9.17, 15) is 9.59 Å². The largest absolute Gasteiger partial charge is 0.486 e. The molecule has 3 N–H and O–H groups in total. The summed E-state index contributed by atoms with van der Waals surface area (Å²) >= 11 is 0. The van der Waals surface area contributed by atoms with Gasteiger partial charge in [-0.1, -0.05) is 24.3 Å². The number of carbonyl (C=O) groups excluding carboxylic acids is 2. The summed E-state index contributed by atoms with van der Waals surface area (Å²) in [6, 6.07) is 12.6. The first-order valence-electron chi connectivity index (χ1n) is 10.0. The fourth-order valence-electron chi connectivity index (χ4n) is 3.70. The molecule has 1 aliphatic rings. The van der Waals surface area contributed by atoms with Gasteiger partial charge in [-0.3, -0.25) is 9.59 Å². The molecule has 7 nitrogen and oxygen atoms in total. The van der Waals surface area contributed by atoms with Gasteiger partial charge in [0.2, 0.25) is 11.8 Å². The number of hydrogen-bond acceptors (Lipinski definition) is 4. The van der Waals surface area contributed by atoms with E-state index in [0.29, 0.717) is 31.1 Å². The Hall–Kier alpha value is -3.48. The topological polar surface area (TPSA) is 92.5 Å². The number of amides is 2. The Labute approximate surface area is 174 Å². The summed E-state index contributed by atoms with van der Waals surface area (Å²) in [7, 11) is 0. The lowest BCUT2D eigenvalue weighted by atomic mass is 10.0. The Morgan fingerprint density at radius 3 is 2.63 bits per heavy atom. The highest BCUT2D eigenvalue weighted by molar-refractivity contribution is 5.89. The number of fused-ring (bicyclic) bond motifs is 2. The lowest BCUT2D eigenvalue weighted by Crippen LogP contribution is -2.47. The zero-order valence-electron chi connectivity index (χ0n) is 17.0. The second-order valence-corrected chi connectivity index (χ2v) is 7.45. The zero-order chi connectivity index (χ0) is 21.1. The van der Waals surface area contributed by atoms with Gasteiger partial charge < -0.3 is 25.1 Å². The molecule has 3 aromatic rings. The van der Waals surface area contributed by atoms with Crippen LogP contribution in [0.4, 0.5) is 0 Å². The maximum atomic E-state index is 13.0. The second-order valence-electron chi connectivity index (χ2n) is 7.45. The Balaban J connectivity index is 1.50. The third-order valence-electron chi connectivity index (χ3n) is 5.22. The summed E-state index contributed by atoms with van der Waals surface area (Å²) in [6.07, 6.45) is 2.28. The van der Waals surface area contributed by atoms with Crippen molar-refractivity contribution in [2.45, 2.75) is 32.4 Å². The van der Waals surface area contributed by atoms with Crippen molar-refractivity contribution < 1.29 is 19.1 Å². The van der Waals surface area contributed by atoms with E-state index in [1.165, 1.54) is 6.92 Å². The van der Waals surface area contributed by atoms with E-state index in [4.69, 9.17) is 9.47 Å². The van der Waals surface area contributed by atoms with Crippen LogP contribution < -0.4 is 20.1 Å². The van der Waals surface area contributed by atoms with E-state index >= 15 is 0 Å². The van der Waals surface area contributed by atoms with Crippen LogP contribution in [0.3, 0.4) is 0 Å². The van der Waals surface area contributed by atoms with E-state index in [1.807, 2.05) is 55.6 Å². The molecular weight excluding hydrogens is 382 g/mol. The molecule has 0 fully saturated rings. The molecule has 0 bridgehead atoms. The van der Waals surface area contributed by atoms with Crippen molar-refractivity contribution in [3.63, 3.8) is 0 Å². The van der Waals surface area contributed by atoms with Crippen molar-refractivity contribution >= 4 is 22.7 Å². The van der Waals surface area contributed by atoms with Crippen LogP contribution in [0.1, 0.15) is 31.0 Å². The smallest absolute Gasteiger partial charge is 0.243 e. The lowest BCUT2D eigenvalue weighted by molar-refractivity contribution is -0.128. The molecule has 0 radical (unpaired) electrons. The van der Waals surface area contributed by atoms with Gasteiger partial charge in [0.15, 0.2) is 11.5 Å². The van der Waals surface area contributed by atoms with E-state index < -0.39 is 6.04 Å². The Morgan fingerprint density at radius 1 is 1.07 bits per heavy atom. The van der Waals surface area contributed by atoms with Crippen LogP contribution >= 0.6 is 0 Å². The minimum Gasteiger partial charge on any atom is -0.486 e. The third kappa shape index (κ3) is 4.25. The summed E-state index contributed by atoms with van der Waals surface area (Å²) in [5.74, 6) is 0.899. The summed E-state index contributed by atoms with van der Waals surface area (Å²) < 4.78 is 11.2. The van der Waals surface area contributed by atoms with Gasteiger partial charge in [0.25, 0.3) is 0 Å². The van der Waals surface area contributed by atoms with Crippen LogP contribution in [0.15, 0.2) is 48.7 Å². The Bertz CT molecular complexity index is 1080. The van der Waals surface area contributed by atoms with Crippen LogP contribution in [0.2, 0.25) is 0 Å². The molecule has 1 aliphatic heterocycles. The fraction of sp³-hybridized carbons (Fsp3) is 0.304. The fourth-order valence-corrected chi connectivity index (χ4v) is 3.70. The molecule has 7 heteroatoms. The predicted octanol–water partition coefficient (Wildman–Crippen LogP) is 2.86. The standard InChI is InChI=1S/C23H25N3O4/c1-14(16-7-8-21-22(12-16)30-10-9-29-21)25-23(28)20(26-15(2)27)11-17-13-24-19-6-4-3-5-18(17)19/h3-8,12-14,20,24H,9-11H2,1-2H3,(H,25,28)(H,26,27)/t14-,20-/m0/s1. The van der Waals surface area contributed by atoms with E-state index in [0.717, 1.165) is 22.0 Å². The first kappa shape index (κ1) is 19.8. The average molecular weight is 407 g/mol. The number of H-pyrrole nitrogens is 1. The Morgan fingerprint density at radius 2 is 1.83 bits per heavy atom. The first-order chi connectivity index (χ1) is 14.5. The van der Waals surface area contributed by atoms with Gasteiger partial charge in [-0.05, 0) is 36.2 Å². The molecule has 2 atom stereocenters. The molecule has 0 unspecified atom stereocenters. The molecule has 0 spiro atoms. The quantitative estimate of drug-likeness (QED) is 0.586. The lowest BCUT2D eigenvalue weighted by Gasteiger charge is -2.23. The van der Waals surface area contributed by atoms with E-state index in [1.54, 1.807) is 0 Å². The molecule has 2 amide bonds. The number of benzene rings is 2. The number of aromatic nitrogens is 1. The van der Waals surface area contributed by atoms with Gasteiger partial charge in [-0.25, -0.2) is 0 Å².